The highest BCUT2D eigenvalue weighted by molar-refractivity contribution is 5.81. The summed E-state index contributed by atoms with van der Waals surface area (Å²) < 4.78 is 10.5. The molecule has 0 aliphatic rings. The Morgan fingerprint density at radius 3 is 2.33 bits per heavy atom. The summed E-state index contributed by atoms with van der Waals surface area (Å²) in [5, 5.41) is 3.25. The number of likely N-dealkylation sites (N-methyl/N-ethyl adjacent to an activating group) is 1. The fraction of sp³-hybridized carbons (Fsp3) is 0.562. The van der Waals surface area contributed by atoms with Crippen molar-refractivity contribution < 1.29 is 14.3 Å². The molecule has 1 atom stereocenters. The lowest BCUT2D eigenvalue weighted by Gasteiger charge is -2.23. The van der Waals surface area contributed by atoms with E-state index in [1.807, 2.05) is 43.9 Å². The van der Waals surface area contributed by atoms with Gasteiger partial charge < -0.3 is 19.7 Å². The zero-order valence-corrected chi connectivity index (χ0v) is 13.6. The molecule has 0 saturated heterocycles. The summed E-state index contributed by atoms with van der Waals surface area (Å²) in [5.74, 6) is 1.52. The van der Waals surface area contributed by atoms with Gasteiger partial charge in [0.1, 0.15) is 0 Å². The van der Waals surface area contributed by atoms with Crippen molar-refractivity contribution >= 4 is 5.91 Å². The average molecular weight is 294 g/mol. The topological polar surface area (TPSA) is 50.8 Å². The highest BCUT2D eigenvalue weighted by atomic mass is 16.5. The molecule has 0 bridgehead atoms. The number of methoxy groups -OCH3 is 2. The smallest absolute Gasteiger partial charge is 0.239 e. The molecule has 0 saturated carbocycles. The van der Waals surface area contributed by atoms with E-state index in [2.05, 4.69) is 5.32 Å². The average Bonchev–Trinajstić information content (AvgIpc) is 2.53. The van der Waals surface area contributed by atoms with Gasteiger partial charge in [-0.05, 0) is 38.5 Å². The predicted octanol–water partition coefficient (Wildman–Crippen LogP) is 2.05. The summed E-state index contributed by atoms with van der Waals surface area (Å²) in [5.41, 5.74) is 1.05. The van der Waals surface area contributed by atoms with Crippen molar-refractivity contribution in [2.75, 3.05) is 27.3 Å². The van der Waals surface area contributed by atoms with Gasteiger partial charge in [-0.15, -0.1) is 0 Å². The lowest BCUT2D eigenvalue weighted by Crippen LogP contribution is -2.44. The first-order valence-electron chi connectivity index (χ1n) is 7.30. The van der Waals surface area contributed by atoms with Gasteiger partial charge >= 0.3 is 0 Å². The van der Waals surface area contributed by atoms with E-state index in [-0.39, 0.29) is 11.9 Å². The Morgan fingerprint density at radius 1 is 1.19 bits per heavy atom. The van der Waals surface area contributed by atoms with Gasteiger partial charge in [0.25, 0.3) is 0 Å². The minimum atomic E-state index is -0.210. The lowest BCUT2D eigenvalue weighted by atomic mass is 10.2. The number of nitrogens with one attached hydrogen (secondary N) is 1. The Hall–Kier alpha value is -1.75. The number of rotatable bonds is 8. The number of hydrogen-bond donors (Lipinski definition) is 1. The molecule has 0 heterocycles. The van der Waals surface area contributed by atoms with Crippen molar-refractivity contribution in [3.8, 4) is 11.5 Å². The van der Waals surface area contributed by atoms with Crippen LogP contribution in [0.5, 0.6) is 11.5 Å². The minimum absolute atomic E-state index is 0.125. The van der Waals surface area contributed by atoms with Gasteiger partial charge in [-0.25, -0.2) is 0 Å². The number of ether oxygens (including phenoxy) is 2. The van der Waals surface area contributed by atoms with E-state index in [0.717, 1.165) is 18.7 Å². The van der Waals surface area contributed by atoms with E-state index >= 15 is 0 Å². The van der Waals surface area contributed by atoms with Crippen LogP contribution in [-0.4, -0.2) is 44.2 Å². The second-order valence-corrected chi connectivity index (χ2v) is 4.80. The molecule has 0 aliphatic heterocycles. The van der Waals surface area contributed by atoms with Crippen molar-refractivity contribution in [2.45, 2.75) is 33.4 Å². The number of amides is 1. The van der Waals surface area contributed by atoms with E-state index in [9.17, 15) is 4.79 Å². The normalized spacial score (nSPS) is 11.9. The first-order chi connectivity index (χ1) is 10.1. The van der Waals surface area contributed by atoms with E-state index in [4.69, 9.17) is 9.47 Å². The molecule has 0 fully saturated rings. The zero-order chi connectivity index (χ0) is 15.8. The molecule has 5 heteroatoms. The summed E-state index contributed by atoms with van der Waals surface area (Å²) in [7, 11) is 3.22. The van der Waals surface area contributed by atoms with Crippen LogP contribution >= 0.6 is 0 Å². The summed E-state index contributed by atoms with van der Waals surface area (Å²) in [6, 6.07) is 5.54. The fourth-order valence-electron chi connectivity index (χ4n) is 2.16. The SMILES string of the molecule is CCN(CC)C(=O)C(C)NCc1ccc(OC)c(OC)c1. The number of nitrogens with zero attached hydrogens (tertiary/aromatic N) is 1. The first kappa shape index (κ1) is 17.3. The van der Waals surface area contributed by atoms with Crippen LogP contribution in [0.2, 0.25) is 0 Å². The summed E-state index contributed by atoms with van der Waals surface area (Å²) >= 11 is 0. The van der Waals surface area contributed by atoms with E-state index < -0.39 is 0 Å². The Labute approximate surface area is 127 Å². The minimum Gasteiger partial charge on any atom is -0.493 e. The molecular weight excluding hydrogens is 268 g/mol. The summed E-state index contributed by atoms with van der Waals surface area (Å²) in [6.45, 7) is 7.94. The molecule has 0 aliphatic carbocycles. The maximum absolute atomic E-state index is 12.2. The van der Waals surface area contributed by atoms with E-state index in [1.165, 1.54) is 0 Å². The van der Waals surface area contributed by atoms with Crippen LogP contribution in [0.1, 0.15) is 26.3 Å². The van der Waals surface area contributed by atoms with Crippen LogP contribution < -0.4 is 14.8 Å². The van der Waals surface area contributed by atoms with Gasteiger partial charge in [-0.1, -0.05) is 6.07 Å². The van der Waals surface area contributed by atoms with E-state index in [1.54, 1.807) is 14.2 Å². The Kier molecular flexibility index (Phi) is 7.02. The van der Waals surface area contributed by atoms with Crippen LogP contribution in [0.25, 0.3) is 0 Å². The van der Waals surface area contributed by atoms with Gasteiger partial charge in [-0.3, -0.25) is 4.79 Å². The van der Waals surface area contributed by atoms with Crippen LogP contribution in [0, 0.1) is 0 Å². The standard InChI is InChI=1S/C16H26N2O3/c1-6-18(7-2)16(19)12(3)17-11-13-8-9-14(20-4)15(10-13)21-5/h8-10,12,17H,6-7,11H2,1-5H3. The van der Waals surface area contributed by atoms with Crippen LogP contribution in [0.4, 0.5) is 0 Å². The maximum Gasteiger partial charge on any atom is 0.239 e. The molecular formula is C16H26N2O3. The third kappa shape index (κ3) is 4.63. The maximum atomic E-state index is 12.2. The molecule has 1 unspecified atom stereocenters. The molecule has 1 aromatic carbocycles. The highest BCUT2D eigenvalue weighted by Crippen LogP contribution is 2.27. The third-order valence-electron chi connectivity index (χ3n) is 3.51. The van der Waals surface area contributed by atoms with Gasteiger partial charge in [0, 0.05) is 19.6 Å². The number of carbonyl (C=O) groups is 1. The molecule has 21 heavy (non-hydrogen) atoms. The van der Waals surface area contributed by atoms with Crippen molar-refractivity contribution in [1.29, 1.82) is 0 Å². The number of benzene rings is 1. The monoisotopic (exact) mass is 294 g/mol. The summed E-state index contributed by atoms with van der Waals surface area (Å²) in [4.78, 5) is 14.0. The van der Waals surface area contributed by atoms with Gasteiger partial charge in [0.2, 0.25) is 5.91 Å². The van der Waals surface area contributed by atoms with Gasteiger partial charge in [0.15, 0.2) is 11.5 Å². The fourth-order valence-corrected chi connectivity index (χ4v) is 2.16. The predicted molar refractivity (Wildman–Crippen MR) is 83.8 cm³/mol. The van der Waals surface area contributed by atoms with Gasteiger partial charge in [-0.2, -0.15) is 0 Å². The molecule has 0 radical (unpaired) electrons. The molecule has 0 spiro atoms. The molecule has 1 aromatic rings. The zero-order valence-electron chi connectivity index (χ0n) is 13.6. The second kappa shape index (κ2) is 8.52. The molecule has 1 amide bonds. The molecule has 118 valence electrons. The Balaban J connectivity index is 2.64. The van der Waals surface area contributed by atoms with Crippen LogP contribution in [0.15, 0.2) is 18.2 Å². The van der Waals surface area contributed by atoms with Crippen LogP contribution in [-0.2, 0) is 11.3 Å². The van der Waals surface area contributed by atoms with Gasteiger partial charge in [0.05, 0.1) is 20.3 Å². The molecule has 5 nitrogen and oxygen atoms in total. The van der Waals surface area contributed by atoms with Crippen molar-refractivity contribution in [3.63, 3.8) is 0 Å². The quantitative estimate of drug-likeness (QED) is 0.797. The van der Waals surface area contributed by atoms with E-state index in [0.29, 0.717) is 18.0 Å². The van der Waals surface area contributed by atoms with Crippen LogP contribution in [0.3, 0.4) is 0 Å². The Morgan fingerprint density at radius 2 is 1.81 bits per heavy atom. The first-order valence-corrected chi connectivity index (χ1v) is 7.30. The number of carbonyl (C=O) groups excluding carboxylic acids is 1. The molecule has 0 aromatic heterocycles. The van der Waals surface area contributed by atoms with Crippen molar-refractivity contribution in [1.82, 2.24) is 10.2 Å². The molecule has 1 rings (SSSR count). The Bertz CT molecular complexity index is 459. The lowest BCUT2D eigenvalue weighted by molar-refractivity contribution is -0.132. The largest absolute Gasteiger partial charge is 0.493 e. The molecule has 1 N–H and O–H groups in total. The summed E-state index contributed by atoms with van der Waals surface area (Å²) in [6.07, 6.45) is 0. The van der Waals surface area contributed by atoms with Crippen molar-refractivity contribution in [2.24, 2.45) is 0 Å². The third-order valence-corrected chi connectivity index (χ3v) is 3.51. The highest BCUT2D eigenvalue weighted by Gasteiger charge is 2.17. The van der Waals surface area contributed by atoms with Crippen molar-refractivity contribution in [3.05, 3.63) is 23.8 Å². The second-order valence-electron chi connectivity index (χ2n) is 4.80. The number of hydrogen-bond acceptors (Lipinski definition) is 4.